The fourth-order valence-corrected chi connectivity index (χ4v) is 6.69. The van der Waals surface area contributed by atoms with Crippen LogP contribution in [0.15, 0.2) is 30.3 Å². The van der Waals surface area contributed by atoms with Crippen molar-refractivity contribution in [1.29, 1.82) is 0 Å². The number of carboxylic acid groups (broad SMARTS) is 1. The molecule has 0 aliphatic carbocycles. The van der Waals surface area contributed by atoms with Crippen molar-refractivity contribution in [2.24, 2.45) is 5.92 Å². The van der Waals surface area contributed by atoms with Crippen molar-refractivity contribution in [3.05, 3.63) is 47.3 Å². The van der Waals surface area contributed by atoms with Crippen LogP contribution in [0, 0.1) is 18.7 Å². The molecule has 2 amide bonds. The van der Waals surface area contributed by atoms with E-state index in [0.717, 1.165) is 25.7 Å². The molecule has 1 fully saturated rings. The largest absolute Gasteiger partial charge is 0.493 e. The average Bonchev–Trinajstić information content (AvgIpc) is 3.62. The van der Waals surface area contributed by atoms with Gasteiger partial charge in [-0.3, -0.25) is 19.3 Å². The van der Waals surface area contributed by atoms with Crippen molar-refractivity contribution < 1.29 is 38.1 Å². The summed E-state index contributed by atoms with van der Waals surface area (Å²) in [5, 5.41) is 10.6. The molecule has 11 heteroatoms. The highest BCUT2D eigenvalue weighted by atomic mass is 19.1. The van der Waals surface area contributed by atoms with Crippen molar-refractivity contribution in [3.8, 4) is 17.2 Å². The minimum atomic E-state index is -0.983. The van der Waals surface area contributed by atoms with Gasteiger partial charge in [0.1, 0.15) is 5.82 Å². The normalized spacial score (nSPS) is 19.2. The smallest absolute Gasteiger partial charge is 0.308 e. The molecule has 246 valence electrons. The Bertz CT molecular complexity index is 1380. The number of likely N-dealkylation sites (tertiary alicyclic amines) is 1. The molecule has 1 saturated heterocycles. The number of carboxylic acids is 1. The number of hydrogen-bond acceptors (Lipinski definition) is 7. The maximum Gasteiger partial charge on any atom is 0.308 e. The summed E-state index contributed by atoms with van der Waals surface area (Å²) in [6, 6.07) is 7.68. The number of halogens is 1. The van der Waals surface area contributed by atoms with E-state index in [0.29, 0.717) is 53.6 Å². The molecule has 0 radical (unpaired) electrons. The number of amides is 2. The number of aliphatic carboxylic acids is 1. The molecule has 2 aromatic carbocycles. The van der Waals surface area contributed by atoms with Crippen LogP contribution in [0.4, 0.5) is 10.1 Å². The fraction of sp³-hybridized carbons (Fsp3) is 0.559. The third-order valence-electron chi connectivity index (χ3n) is 9.08. The van der Waals surface area contributed by atoms with E-state index in [2.05, 4.69) is 13.8 Å². The zero-order valence-electron chi connectivity index (χ0n) is 27.2. The summed E-state index contributed by atoms with van der Waals surface area (Å²) in [6.45, 7) is 7.93. The lowest BCUT2D eigenvalue weighted by Crippen LogP contribution is -2.48. The molecule has 3 atom stereocenters. The Morgan fingerprint density at radius 1 is 1.13 bits per heavy atom. The van der Waals surface area contributed by atoms with Crippen LogP contribution in [0.5, 0.6) is 17.2 Å². The van der Waals surface area contributed by atoms with Gasteiger partial charge in [-0.1, -0.05) is 26.7 Å². The number of fused-ring (bicyclic) bond motifs is 1. The number of ether oxygens (including phenoxy) is 3. The highest BCUT2D eigenvalue weighted by Gasteiger charge is 2.48. The Kier molecular flexibility index (Phi) is 11.3. The number of aryl methyl sites for hydroxylation is 1. The van der Waals surface area contributed by atoms with Gasteiger partial charge >= 0.3 is 5.97 Å². The molecule has 2 aliphatic heterocycles. The highest BCUT2D eigenvalue weighted by molar-refractivity contribution is 5.95. The lowest BCUT2D eigenvalue weighted by molar-refractivity contribution is -0.143. The Morgan fingerprint density at radius 2 is 1.84 bits per heavy atom. The van der Waals surface area contributed by atoms with Crippen LogP contribution in [0.3, 0.4) is 0 Å². The second-order valence-corrected chi connectivity index (χ2v) is 12.1. The number of benzene rings is 2. The van der Waals surface area contributed by atoms with E-state index < -0.39 is 23.8 Å². The van der Waals surface area contributed by atoms with Crippen LogP contribution in [0.25, 0.3) is 0 Å². The van der Waals surface area contributed by atoms with E-state index in [1.54, 1.807) is 48.0 Å². The van der Waals surface area contributed by atoms with Crippen molar-refractivity contribution in [2.75, 3.05) is 45.5 Å². The van der Waals surface area contributed by atoms with Crippen molar-refractivity contribution >= 4 is 23.5 Å². The number of carbonyl (C=O) groups is 3. The summed E-state index contributed by atoms with van der Waals surface area (Å²) < 4.78 is 31.0. The third-order valence-corrected chi connectivity index (χ3v) is 9.08. The zero-order valence-corrected chi connectivity index (χ0v) is 27.2. The Morgan fingerprint density at radius 3 is 2.44 bits per heavy atom. The van der Waals surface area contributed by atoms with Gasteiger partial charge < -0.3 is 29.1 Å². The first kappa shape index (κ1) is 34.0. The SMILES string of the molecule is CCCC(CCC)N(C(=O)CN1C[C@H](c2cc(OC)c3c(c2)OCO3)C(C(=O)O)[C@@H]1CCN(C)C(C)=O)c1ccc(F)c(C)c1. The van der Waals surface area contributed by atoms with E-state index in [1.165, 1.54) is 20.1 Å². The zero-order chi connectivity index (χ0) is 32.8. The fourth-order valence-electron chi connectivity index (χ4n) is 6.69. The first-order valence-electron chi connectivity index (χ1n) is 15.7. The van der Waals surface area contributed by atoms with Gasteiger partial charge in [0.2, 0.25) is 24.4 Å². The van der Waals surface area contributed by atoms with E-state index in [-0.39, 0.29) is 37.0 Å². The number of nitrogens with zero attached hydrogens (tertiary/aromatic N) is 3. The second kappa shape index (κ2) is 14.9. The molecular weight excluding hydrogens is 581 g/mol. The van der Waals surface area contributed by atoms with Gasteiger partial charge in [0.25, 0.3) is 0 Å². The minimum absolute atomic E-state index is 0.0310. The molecule has 0 aromatic heterocycles. The lowest BCUT2D eigenvalue weighted by Gasteiger charge is -2.35. The molecule has 2 aliphatic rings. The molecule has 10 nitrogen and oxygen atoms in total. The number of hydrogen-bond donors (Lipinski definition) is 1. The van der Waals surface area contributed by atoms with Crippen molar-refractivity contribution in [3.63, 3.8) is 0 Å². The lowest BCUT2D eigenvalue weighted by atomic mass is 9.84. The quantitative estimate of drug-likeness (QED) is 0.304. The maximum atomic E-state index is 14.4. The Hall–Kier alpha value is -3.86. The van der Waals surface area contributed by atoms with Gasteiger partial charge in [-0.25, -0.2) is 4.39 Å². The molecule has 1 N–H and O–H groups in total. The minimum Gasteiger partial charge on any atom is -0.493 e. The van der Waals surface area contributed by atoms with Gasteiger partial charge in [-0.15, -0.1) is 0 Å². The van der Waals surface area contributed by atoms with Gasteiger partial charge in [-0.05, 0) is 67.6 Å². The summed E-state index contributed by atoms with van der Waals surface area (Å²) in [5.74, 6) is -1.58. The highest BCUT2D eigenvalue weighted by Crippen LogP contribution is 2.47. The van der Waals surface area contributed by atoms with E-state index >= 15 is 0 Å². The number of anilines is 1. The van der Waals surface area contributed by atoms with Gasteiger partial charge in [0.15, 0.2) is 11.5 Å². The van der Waals surface area contributed by atoms with Gasteiger partial charge in [-0.2, -0.15) is 0 Å². The second-order valence-electron chi connectivity index (χ2n) is 12.1. The topological polar surface area (TPSA) is 109 Å². The number of carbonyl (C=O) groups excluding carboxylic acids is 2. The van der Waals surface area contributed by atoms with Crippen molar-refractivity contribution in [1.82, 2.24) is 9.80 Å². The molecule has 0 spiro atoms. The molecular formula is C34H46FN3O7. The van der Waals surface area contributed by atoms with Crippen LogP contribution in [-0.4, -0.2) is 85.4 Å². The molecule has 0 saturated carbocycles. The molecule has 1 unspecified atom stereocenters. The maximum absolute atomic E-state index is 14.4. The van der Waals surface area contributed by atoms with E-state index in [9.17, 15) is 23.9 Å². The van der Waals surface area contributed by atoms with Crippen LogP contribution in [0.1, 0.15) is 69.9 Å². The predicted octanol–water partition coefficient (Wildman–Crippen LogP) is 5.21. The summed E-state index contributed by atoms with van der Waals surface area (Å²) in [6.07, 6.45) is 3.66. The summed E-state index contributed by atoms with van der Waals surface area (Å²) in [7, 11) is 3.20. The molecule has 0 bridgehead atoms. The van der Waals surface area contributed by atoms with Crippen molar-refractivity contribution in [2.45, 2.75) is 77.8 Å². The Labute approximate surface area is 265 Å². The molecule has 4 rings (SSSR count). The average molecular weight is 628 g/mol. The molecule has 45 heavy (non-hydrogen) atoms. The predicted molar refractivity (Wildman–Crippen MR) is 168 cm³/mol. The summed E-state index contributed by atoms with van der Waals surface area (Å²) in [5.41, 5.74) is 1.79. The summed E-state index contributed by atoms with van der Waals surface area (Å²) in [4.78, 5) is 44.7. The van der Waals surface area contributed by atoms with E-state index in [4.69, 9.17) is 14.2 Å². The molecule has 2 aromatic rings. The first-order valence-corrected chi connectivity index (χ1v) is 15.7. The van der Waals surface area contributed by atoms with Crippen LogP contribution >= 0.6 is 0 Å². The monoisotopic (exact) mass is 627 g/mol. The van der Waals surface area contributed by atoms with Crippen LogP contribution in [0.2, 0.25) is 0 Å². The molecule has 2 heterocycles. The Balaban J connectivity index is 1.73. The first-order chi connectivity index (χ1) is 21.5. The number of methoxy groups -OCH3 is 1. The standard InChI is InChI=1S/C34H46FN3O7/c1-7-9-24(10-8-2)38(25-11-12-27(35)21(3)15-25)31(40)19-37-18-26(23-16-29(43-6)33-30(17-23)44-20-45-33)32(34(41)42)28(37)13-14-36(5)22(4)39/h11-12,15-17,24,26,28,32H,7-10,13-14,18-20H2,1-6H3,(H,41,42)/t26-,28+,32?/m1/s1. The van der Waals surface area contributed by atoms with Crippen LogP contribution < -0.4 is 19.1 Å². The summed E-state index contributed by atoms with van der Waals surface area (Å²) >= 11 is 0. The number of rotatable bonds is 14. The van der Waals surface area contributed by atoms with Crippen LogP contribution in [-0.2, 0) is 14.4 Å². The third kappa shape index (κ3) is 7.52. The van der Waals surface area contributed by atoms with Gasteiger partial charge in [0.05, 0.1) is 19.6 Å². The van der Waals surface area contributed by atoms with E-state index in [1.807, 2.05) is 4.90 Å². The van der Waals surface area contributed by atoms with Gasteiger partial charge in [0, 0.05) is 50.7 Å².